The first kappa shape index (κ1) is 23.1. The van der Waals surface area contributed by atoms with Gasteiger partial charge in [0, 0.05) is 41.6 Å². The van der Waals surface area contributed by atoms with Gasteiger partial charge in [0.1, 0.15) is 23.7 Å². The number of ether oxygens (including phenoxy) is 1. The lowest BCUT2D eigenvalue weighted by Gasteiger charge is -2.16. The lowest BCUT2D eigenvalue weighted by atomic mass is 10.1. The Kier molecular flexibility index (Phi) is 7.96. The fourth-order valence-electron chi connectivity index (χ4n) is 3.07. The number of hydrogen-bond acceptors (Lipinski definition) is 6. The van der Waals surface area contributed by atoms with Crippen LogP contribution in [0.15, 0.2) is 42.7 Å². The molecule has 0 atom stereocenters. The van der Waals surface area contributed by atoms with E-state index < -0.39 is 0 Å². The predicted molar refractivity (Wildman–Crippen MR) is 131 cm³/mol. The summed E-state index contributed by atoms with van der Waals surface area (Å²) in [5.41, 5.74) is 3.32. The maximum Gasteiger partial charge on any atom is 0.146 e. The molecule has 0 spiro atoms. The Balaban J connectivity index is 1.86. The van der Waals surface area contributed by atoms with E-state index in [1.165, 1.54) is 0 Å². The number of para-hydroxylation sites is 1. The molecule has 0 saturated heterocycles. The number of aromatic nitrogens is 2. The Morgan fingerprint density at radius 2 is 2.03 bits per heavy atom. The number of likely N-dealkylation sites (N-methyl/N-ethyl adjacent to an activating group) is 1. The summed E-state index contributed by atoms with van der Waals surface area (Å²) in [5.74, 6) is 1.26. The van der Waals surface area contributed by atoms with Gasteiger partial charge in [0.25, 0.3) is 0 Å². The Bertz CT molecular complexity index is 1090. The molecule has 1 aromatic carbocycles. The van der Waals surface area contributed by atoms with Crippen LogP contribution in [0.25, 0.3) is 10.9 Å². The molecule has 0 radical (unpaired) electrons. The topological polar surface area (TPSA) is 62.3 Å². The molecule has 3 aromatic rings. The molecular weight excluding hydrogens is 433 g/mol. The fraction of sp³-hybridized carbons (Fsp3) is 0.304. The van der Waals surface area contributed by atoms with Crippen LogP contribution in [0.4, 0.5) is 11.5 Å². The fourth-order valence-corrected chi connectivity index (χ4v) is 3.58. The molecular formula is C23H27Cl2N5O. The zero-order valence-electron chi connectivity index (χ0n) is 18.2. The molecule has 0 unspecified atom stereocenters. The summed E-state index contributed by atoms with van der Waals surface area (Å²) < 4.78 is 6.14. The van der Waals surface area contributed by atoms with Gasteiger partial charge < -0.3 is 20.3 Å². The molecule has 6 nitrogen and oxygen atoms in total. The van der Waals surface area contributed by atoms with E-state index in [2.05, 4.69) is 20.5 Å². The third-order valence-corrected chi connectivity index (χ3v) is 5.36. The van der Waals surface area contributed by atoms with E-state index in [0.29, 0.717) is 27.2 Å². The molecule has 0 amide bonds. The third-order valence-electron chi connectivity index (χ3n) is 4.63. The lowest BCUT2D eigenvalue weighted by Crippen LogP contribution is -2.21. The van der Waals surface area contributed by atoms with Gasteiger partial charge in [-0.3, -0.25) is 0 Å². The maximum atomic E-state index is 6.59. The van der Waals surface area contributed by atoms with Crippen LogP contribution in [-0.4, -0.2) is 42.1 Å². The summed E-state index contributed by atoms with van der Waals surface area (Å²) >= 11 is 13.0. The first-order chi connectivity index (χ1) is 14.9. The first-order valence-corrected chi connectivity index (χ1v) is 10.8. The molecule has 2 heterocycles. The lowest BCUT2D eigenvalue weighted by molar-refractivity contribution is 0.309. The molecule has 164 valence electrons. The second-order valence-corrected chi connectivity index (χ2v) is 8.16. The highest BCUT2D eigenvalue weighted by Crippen LogP contribution is 2.33. The number of benzene rings is 1. The van der Waals surface area contributed by atoms with Crippen LogP contribution in [-0.2, 0) is 6.61 Å². The molecule has 8 heteroatoms. The summed E-state index contributed by atoms with van der Waals surface area (Å²) in [4.78, 5) is 11.1. The Labute approximate surface area is 193 Å². The van der Waals surface area contributed by atoms with Gasteiger partial charge in [-0.15, -0.1) is 0 Å². The van der Waals surface area contributed by atoms with Gasteiger partial charge in [0.05, 0.1) is 10.0 Å². The largest absolute Gasteiger partial charge is 0.487 e. The van der Waals surface area contributed by atoms with Gasteiger partial charge in [-0.25, -0.2) is 9.97 Å². The van der Waals surface area contributed by atoms with Gasteiger partial charge in [0.2, 0.25) is 0 Å². The zero-order valence-corrected chi connectivity index (χ0v) is 19.7. The highest BCUT2D eigenvalue weighted by molar-refractivity contribution is 6.37. The van der Waals surface area contributed by atoms with Crippen molar-refractivity contribution in [3.05, 3.63) is 64.0 Å². The van der Waals surface area contributed by atoms with E-state index in [0.717, 1.165) is 35.4 Å². The Hall–Kier alpha value is -2.54. The van der Waals surface area contributed by atoms with Crippen molar-refractivity contribution in [1.82, 2.24) is 14.9 Å². The van der Waals surface area contributed by atoms with Crippen molar-refractivity contribution >= 4 is 45.6 Å². The number of halogens is 2. The van der Waals surface area contributed by atoms with Gasteiger partial charge in [-0.05, 0) is 46.3 Å². The smallest absolute Gasteiger partial charge is 0.146 e. The minimum atomic E-state index is 0.203. The number of nitrogens with zero attached hydrogens (tertiary/aromatic N) is 3. The number of fused-ring (bicyclic) bond motifs is 1. The monoisotopic (exact) mass is 459 g/mol. The summed E-state index contributed by atoms with van der Waals surface area (Å²) in [7, 11) is 4.02. The SMILES string of the molecule is C/C=C\Nc1cc(C)nc2c(OCc3c(Cl)cnc(NCCN(C)C)c3Cl)cccc12. The Morgan fingerprint density at radius 1 is 1.23 bits per heavy atom. The quantitative estimate of drug-likeness (QED) is 0.425. The van der Waals surface area contributed by atoms with Crippen LogP contribution < -0.4 is 15.4 Å². The van der Waals surface area contributed by atoms with E-state index in [1.54, 1.807) is 6.20 Å². The molecule has 31 heavy (non-hydrogen) atoms. The number of pyridine rings is 2. The molecule has 0 saturated carbocycles. The van der Waals surface area contributed by atoms with E-state index in [4.69, 9.17) is 32.9 Å². The van der Waals surface area contributed by atoms with Crippen molar-refractivity contribution < 1.29 is 4.74 Å². The summed E-state index contributed by atoms with van der Waals surface area (Å²) in [6, 6.07) is 7.86. The highest BCUT2D eigenvalue weighted by atomic mass is 35.5. The number of aryl methyl sites for hydroxylation is 1. The predicted octanol–water partition coefficient (Wildman–Crippen LogP) is 5.74. The number of allylic oxidation sites excluding steroid dienone is 1. The molecule has 3 rings (SSSR count). The summed E-state index contributed by atoms with van der Waals surface area (Å²) in [6.45, 7) is 5.70. The number of rotatable bonds is 9. The van der Waals surface area contributed by atoms with E-state index in [1.807, 2.05) is 64.5 Å². The van der Waals surface area contributed by atoms with Gasteiger partial charge in [-0.1, -0.05) is 41.4 Å². The maximum absolute atomic E-state index is 6.59. The van der Waals surface area contributed by atoms with Crippen LogP contribution in [0.2, 0.25) is 10.0 Å². The minimum absolute atomic E-state index is 0.203. The second kappa shape index (κ2) is 10.7. The molecule has 0 fully saturated rings. The Morgan fingerprint density at radius 3 is 2.77 bits per heavy atom. The van der Waals surface area contributed by atoms with Crippen molar-refractivity contribution in [2.24, 2.45) is 0 Å². The molecule has 0 aliphatic carbocycles. The van der Waals surface area contributed by atoms with Crippen LogP contribution in [0.5, 0.6) is 5.75 Å². The van der Waals surface area contributed by atoms with Crippen molar-refractivity contribution in [1.29, 1.82) is 0 Å². The van der Waals surface area contributed by atoms with Crippen LogP contribution in [0.1, 0.15) is 18.2 Å². The van der Waals surface area contributed by atoms with Crippen molar-refractivity contribution in [3.8, 4) is 5.75 Å². The van der Waals surface area contributed by atoms with E-state index in [-0.39, 0.29) is 6.61 Å². The standard InChI is InChI=1S/C23H27Cl2N5O/c1-5-9-26-19-12-15(2)29-22-16(19)7-6-8-20(22)31-14-17-18(24)13-28-23(21(17)25)27-10-11-30(3)4/h5-9,12-13H,10-11,14H2,1-4H3,(H,26,29)(H,27,28)/b9-5-. The summed E-state index contributed by atoms with van der Waals surface area (Å²) in [5, 5.41) is 8.44. The molecule has 0 aliphatic rings. The number of hydrogen-bond donors (Lipinski definition) is 2. The molecule has 0 bridgehead atoms. The zero-order chi connectivity index (χ0) is 22.4. The highest BCUT2D eigenvalue weighted by Gasteiger charge is 2.15. The summed E-state index contributed by atoms with van der Waals surface area (Å²) in [6.07, 6.45) is 5.43. The average molecular weight is 460 g/mol. The molecule has 0 aliphatic heterocycles. The van der Waals surface area contributed by atoms with Crippen molar-refractivity contribution in [2.45, 2.75) is 20.5 Å². The molecule has 2 aromatic heterocycles. The first-order valence-electron chi connectivity index (χ1n) is 10.0. The van der Waals surface area contributed by atoms with Gasteiger partial charge in [0.15, 0.2) is 0 Å². The normalized spacial score (nSPS) is 11.5. The van der Waals surface area contributed by atoms with E-state index in [9.17, 15) is 0 Å². The van der Waals surface area contributed by atoms with E-state index >= 15 is 0 Å². The third kappa shape index (κ3) is 5.79. The van der Waals surface area contributed by atoms with Crippen LogP contribution in [0, 0.1) is 6.92 Å². The number of anilines is 2. The van der Waals surface area contributed by atoms with Gasteiger partial charge >= 0.3 is 0 Å². The van der Waals surface area contributed by atoms with Crippen molar-refractivity contribution in [2.75, 3.05) is 37.8 Å². The molecule has 2 N–H and O–H groups in total. The van der Waals surface area contributed by atoms with Crippen LogP contribution >= 0.6 is 23.2 Å². The van der Waals surface area contributed by atoms with Crippen molar-refractivity contribution in [3.63, 3.8) is 0 Å². The van der Waals surface area contributed by atoms with Crippen LogP contribution in [0.3, 0.4) is 0 Å². The number of nitrogens with one attached hydrogen (secondary N) is 2. The van der Waals surface area contributed by atoms with Gasteiger partial charge in [-0.2, -0.15) is 0 Å². The second-order valence-electron chi connectivity index (χ2n) is 7.37. The minimum Gasteiger partial charge on any atom is -0.487 e. The average Bonchev–Trinajstić information content (AvgIpc) is 2.73.